The first-order valence-corrected chi connectivity index (χ1v) is 9.03. The van der Waals surface area contributed by atoms with E-state index >= 15 is 0 Å². The third-order valence-corrected chi connectivity index (χ3v) is 4.95. The first-order valence-electron chi connectivity index (χ1n) is 9.03. The molecule has 0 aliphatic carbocycles. The van der Waals surface area contributed by atoms with Crippen LogP contribution in [0.2, 0.25) is 0 Å². The Balaban J connectivity index is 1.86. The molecule has 0 bridgehead atoms. The number of hydrogen-bond donors (Lipinski definition) is 1. The summed E-state index contributed by atoms with van der Waals surface area (Å²) in [6, 6.07) is 12.1. The van der Waals surface area contributed by atoms with Gasteiger partial charge in [-0.3, -0.25) is 9.59 Å². The standard InChI is InChI=1S/C21H23F2N3O2/c1-25(2)20(27)18(19(24)21(28)26-11-17(23)12-26)15-5-3-13(4-6-15)14-7-9-16(22)10-8-14/h3-10,17-19H,11-12,24H2,1-2H3. The van der Waals surface area contributed by atoms with Crippen LogP contribution in [-0.2, 0) is 9.59 Å². The van der Waals surface area contributed by atoms with Crippen molar-refractivity contribution in [1.82, 2.24) is 9.80 Å². The fourth-order valence-corrected chi connectivity index (χ4v) is 3.27. The predicted molar refractivity (Wildman–Crippen MR) is 103 cm³/mol. The van der Waals surface area contributed by atoms with Crippen LogP contribution in [0.15, 0.2) is 48.5 Å². The van der Waals surface area contributed by atoms with Gasteiger partial charge in [0.15, 0.2) is 0 Å². The van der Waals surface area contributed by atoms with Crippen molar-refractivity contribution in [3.8, 4) is 11.1 Å². The highest BCUT2D eigenvalue weighted by Gasteiger charge is 2.39. The van der Waals surface area contributed by atoms with Crippen LogP contribution in [-0.4, -0.2) is 61.0 Å². The molecule has 148 valence electrons. The number of nitrogens with zero attached hydrogens (tertiary/aromatic N) is 2. The Kier molecular flexibility index (Phi) is 5.74. The maximum absolute atomic E-state index is 13.1. The smallest absolute Gasteiger partial charge is 0.240 e. The summed E-state index contributed by atoms with van der Waals surface area (Å²) < 4.78 is 26.2. The third kappa shape index (κ3) is 4.04. The number of carbonyl (C=O) groups is 2. The Morgan fingerprint density at radius 2 is 1.54 bits per heavy atom. The van der Waals surface area contributed by atoms with Gasteiger partial charge in [-0.05, 0) is 28.8 Å². The fraction of sp³-hybridized carbons (Fsp3) is 0.333. The normalized spacial score (nSPS) is 16.2. The molecule has 1 aliphatic heterocycles. The van der Waals surface area contributed by atoms with Gasteiger partial charge in [0.25, 0.3) is 0 Å². The summed E-state index contributed by atoms with van der Waals surface area (Å²) in [5.74, 6) is -1.92. The van der Waals surface area contributed by atoms with Gasteiger partial charge in [0.2, 0.25) is 11.8 Å². The molecule has 1 aliphatic rings. The lowest BCUT2D eigenvalue weighted by molar-refractivity contribution is -0.143. The van der Waals surface area contributed by atoms with Crippen molar-refractivity contribution >= 4 is 11.8 Å². The highest BCUT2D eigenvalue weighted by Crippen LogP contribution is 2.27. The molecule has 28 heavy (non-hydrogen) atoms. The average molecular weight is 387 g/mol. The number of alkyl halides is 1. The lowest BCUT2D eigenvalue weighted by atomic mass is 9.88. The molecule has 5 nitrogen and oxygen atoms in total. The molecule has 0 spiro atoms. The first-order chi connectivity index (χ1) is 13.3. The van der Waals surface area contributed by atoms with E-state index in [0.717, 1.165) is 11.1 Å². The number of nitrogens with two attached hydrogens (primary N) is 1. The van der Waals surface area contributed by atoms with Crippen LogP contribution in [0.3, 0.4) is 0 Å². The summed E-state index contributed by atoms with van der Waals surface area (Å²) in [6.45, 7) is 0.0256. The van der Waals surface area contributed by atoms with Crippen LogP contribution in [0, 0.1) is 5.82 Å². The second-order valence-electron chi connectivity index (χ2n) is 7.21. The molecule has 0 aromatic heterocycles. The summed E-state index contributed by atoms with van der Waals surface area (Å²) in [5.41, 5.74) is 8.43. The van der Waals surface area contributed by atoms with Crippen molar-refractivity contribution in [2.45, 2.75) is 18.1 Å². The molecule has 2 N–H and O–H groups in total. The van der Waals surface area contributed by atoms with Crippen molar-refractivity contribution in [1.29, 1.82) is 0 Å². The summed E-state index contributed by atoms with van der Waals surface area (Å²) in [4.78, 5) is 28.0. The largest absolute Gasteiger partial charge is 0.348 e. The van der Waals surface area contributed by atoms with Crippen molar-refractivity contribution in [3.63, 3.8) is 0 Å². The molecule has 1 saturated heterocycles. The Bertz CT molecular complexity index is 847. The number of amides is 2. The molecular formula is C21H23F2N3O2. The van der Waals surface area contributed by atoms with Gasteiger partial charge >= 0.3 is 0 Å². The summed E-state index contributed by atoms with van der Waals surface area (Å²) in [6.07, 6.45) is -1.03. The molecule has 1 fully saturated rings. The van der Waals surface area contributed by atoms with Crippen molar-refractivity contribution in [2.24, 2.45) is 5.73 Å². The van der Waals surface area contributed by atoms with E-state index in [1.807, 2.05) is 0 Å². The number of hydrogen-bond acceptors (Lipinski definition) is 3. The minimum Gasteiger partial charge on any atom is -0.348 e. The fourth-order valence-electron chi connectivity index (χ4n) is 3.27. The van der Waals surface area contributed by atoms with E-state index in [2.05, 4.69) is 0 Å². The lowest BCUT2D eigenvalue weighted by Gasteiger charge is -2.37. The van der Waals surface area contributed by atoms with E-state index in [4.69, 9.17) is 5.73 Å². The Hall–Kier alpha value is -2.80. The van der Waals surface area contributed by atoms with Crippen LogP contribution < -0.4 is 5.73 Å². The zero-order chi connectivity index (χ0) is 20.4. The van der Waals surface area contributed by atoms with E-state index in [-0.39, 0.29) is 24.8 Å². The van der Waals surface area contributed by atoms with Gasteiger partial charge in [0, 0.05) is 14.1 Å². The van der Waals surface area contributed by atoms with Gasteiger partial charge < -0.3 is 15.5 Å². The first kappa shape index (κ1) is 19.9. The number of likely N-dealkylation sites (N-methyl/N-ethyl adjacent to an activating group) is 1. The lowest BCUT2D eigenvalue weighted by Crippen LogP contribution is -2.58. The molecule has 0 saturated carbocycles. The predicted octanol–water partition coefficient (Wildman–Crippen LogP) is 2.17. The number of benzene rings is 2. The molecule has 0 radical (unpaired) electrons. The van der Waals surface area contributed by atoms with Crippen molar-refractivity contribution < 1.29 is 18.4 Å². The Morgan fingerprint density at radius 3 is 2.00 bits per heavy atom. The zero-order valence-electron chi connectivity index (χ0n) is 15.8. The third-order valence-electron chi connectivity index (χ3n) is 4.95. The number of likely N-dealkylation sites (tertiary alicyclic amines) is 1. The average Bonchev–Trinajstić information content (AvgIpc) is 2.66. The molecule has 2 atom stereocenters. The van der Waals surface area contributed by atoms with E-state index < -0.39 is 24.0 Å². The minimum absolute atomic E-state index is 0.0128. The molecule has 2 unspecified atom stereocenters. The summed E-state index contributed by atoms with van der Waals surface area (Å²) >= 11 is 0. The van der Waals surface area contributed by atoms with E-state index in [0.29, 0.717) is 5.56 Å². The monoisotopic (exact) mass is 387 g/mol. The van der Waals surface area contributed by atoms with Gasteiger partial charge in [0.1, 0.15) is 18.0 Å². The van der Waals surface area contributed by atoms with E-state index in [1.54, 1.807) is 50.5 Å². The molecule has 2 aromatic carbocycles. The maximum atomic E-state index is 13.1. The second-order valence-corrected chi connectivity index (χ2v) is 7.21. The Morgan fingerprint density at radius 1 is 1.04 bits per heavy atom. The topological polar surface area (TPSA) is 66.6 Å². The molecule has 7 heteroatoms. The number of halogens is 2. The highest BCUT2D eigenvalue weighted by atomic mass is 19.1. The summed E-state index contributed by atoms with van der Waals surface area (Å²) in [5, 5.41) is 0. The van der Waals surface area contributed by atoms with Crippen LogP contribution >= 0.6 is 0 Å². The van der Waals surface area contributed by atoms with Gasteiger partial charge in [-0.15, -0.1) is 0 Å². The van der Waals surface area contributed by atoms with Crippen molar-refractivity contribution in [3.05, 3.63) is 59.9 Å². The van der Waals surface area contributed by atoms with Gasteiger partial charge in [0.05, 0.1) is 19.0 Å². The number of rotatable bonds is 5. The van der Waals surface area contributed by atoms with Gasteiger partial charge in [-0.2, -0.15) is 0 Å². The minimum atomic E-state index is -1.10. The molecule has 3 rings (SSSR count). The van der Waals surface area contributed by atoms with E-state index in [1.165, 1.54) is 21.9 Å². The van der Waals surface area contributed by atoms with Crippen LogP contribution in [0.5, 0.6) is 0 Å². The van der Waals surface area contributed by atoms with Crippen LogP contribution in [0.1, 0.15) is 11.5 Å². The van der Waals surface area contributed by atoms with Gasteiger partial charge in [-0.1, -0.05) is 36.4 Å². The highest BCUT2D eigenvalue weighted by molar-refractivity contribution is 5.93. The van der Waals surface area contributed by atoms with Gasteiger partial charge in [-0.25, -0.2) is 8.78 Å². The zero-order valence-corrected chi connectivity index (χ0v) is 15.8. The molecule has 1 heterocycles. The second kappa shape index (κ2) is 8.06. The summed E-state index contributed by atoms with van der Waals surface area (Å²) in [7, 11) is 3.20. The maximum Gasteiger partial charge on any atom is 0.240 e. The quantitative estimate of drug-likeness (QED) is 0.855. The molecule has 2 aromatic rings. The van der Waals surface area contributed by atoms with E-state index in [9.17, 15) is 18.4 Å². The van der Waals surface area contributed by atoms with Crippen LogP contribution in [0.25, 0.3) is 11.1 Å². The van der Waals surface area contributed by atoms with Crippen LogP contribution in [0.4, 0.5) is 8.78 Å². The Labute approximate surface area is 162 Å². The SMILES string of the molecule is CN(C)C(=O)C(c1ccc(-c2ccc(F)cc2)cc1)C(N)C(=O)N1CC(F)C1. The molecule has 2 amide bonds. The number of carbonyl (C=O) groups excluding carboxylic acids is 2. The molecular weight excluding hydrogens is 364 g/mol. The van der Waals surface area contributed by atoms with Crippen molar-refractivity contribution in [2.75, 3.05) is 27.2 Å².